The molecule has 9 heteroatoms. The Morgan fingerprint density at radius 2 is 2.47 bits per heavy atom. The SMILES string of the molecule is CSSC(CNN=[N+]=[N-])C[C@H](N)C(=O)O. The van der Waals surface area contributed by atoms with Crippen molar-refractivity contribution in [2.75, 3.05) is 12.8 Å². The smallest absolute Gasteiger partial charge is 0.320 e. The second-order valence-electron chi connectivity index (χ2n) is 2.62. The van der Waals surface area contributed by atoms with Gasteiger partial charge in [0.1, 0.15) is 6.04 Å². The van der Waals surface area contributed by atoms with E-state index in [1.807, 2.05) is 6.26 Å². The molecule has 0 aliphatic heterocycles. The molecule has 0 saturated heterocycles. The van der Waals surface area contributed by atoms with Gasteiger partial charge in [0.15, 0.2) is 0 Å². The van der Waals surface area contributed by atoms with Crippen LogP contribution in [0.2, 0.25) is 0 Å². The molecule has 7 nitrogen and oxygen atoms in total. The van der Waals surface area contributed by atoms with E-state index in [1.165, 1.54) is 21.6 Å². The quantitative estimate of drug-likeness (QED) is 0.194. The summed E-state index contributed by atoms with van der Waals surface area (Å²) in [4.78, 5) is 13.1. The van der Waals surface area contributed by atoms with Crippen molar-refractivity contribution in [3.63, 3.8) is 0 Å². The van der Waals surface area contributed by atoms with Crippen LogP contribution in [0.5, 0.6) is 0 Å². The highest BCUT2D eigenvalue weighted by molar-refractivity contribution is 8.76. The van der Waals surface area contributed by atoms with E-state index in [0.29, 0.717) is 13.0 Å². The number of carboxylic acids is 1. The Kier molecular flexibility index (Phi) is 8.11. The summed E-state index contributed by atoms with van der Waals surface area (Å²) in [5.41, 5.74) is 15.9. The van der Waals surface area contributed by atoms with E-state index in [1.54, 1.807) is 0 Å². The van der Waals surface area contributed by atoms with Gasteiger partial charge < -0.3 is 10.8 Å². The third-order valence-electron chi connectivity index (χ3n) is 1.50. The summed E-state index contributed by atoms with van der Waals surface area (Å²) in [7, 11) is 3.01. The van der Waals surface area contributed by atoms with Crippen LogP contribution < -0.4 is 11.2 Å². The molecular weight excluding hydrogens is 238 g/mol. The molecule has 0 heterocycles. The van der Waals surface area contributed by atoms with Crippen LogP contribution in [0, 0.1) is 0 Å². The highest BCUT2D eigenvalue weighted by Gasteiger charge is 2.19. The van der Waals surface area contributed by atoms with Crippen LogP contribution in [-0.2, 0) is 4.79 Å². The average Bonchev–Trinajstić information content (AvgIpc) is 2.18. The highest BCUT2D eigenvalue weighted by Crippen LogP contribution is 2.26. The summed E-state index contributed by atoms with van der Waals surface area (Å²) in [5, 5.41) is 11.8. The van der Waals surface area contributed by atoms with Gasteiger partial charge in [0, 0.05) is 0 Å². The molecule has 0 aliphatic rings. The lowest BCUT2D eigenvalue weighted by Gasteiger charge is -2.14. The van der Waals surface area contributed by atoms with Crippen LogP contribution in [0.1, 0.15) is 6.42 Å². The summed E-state index contributed by atoms with van der Waals surface area (Å²) in [5.74, 6) is -1.02. The second kappa shape index (κ2) is 8.54. The van der Waals surface area contributed by atoms with Crippen molar-refractivity contribution in [3.05, 3.63) is 10.4 Å². The molecule has 4 N–H and O–H groups in total. The highest BCUT2D eigenvalue weighted by atomic mass is 33.1. The van der Waals surface area contributed by atoms with Crippen molar-refractivity contribution in [3.8, 4) is 0 Å². The lowest BCUT2D eigenvalue weighted by atomic mass is 10.1. The fourth-order valence-electron chi connectivity index (χ4n) is 0.851. The normalized spacial score (nSPS) is 13.7. The molecule has 0 bridgehead atoms. The minimum Gasteiger partial charge on any atom is -0.480 e. The van der Waals surface area contributed by atoms with Gasteiger partial charge in [-0.2, -0.15) is 4.91 Å². The lowest BCUT2D eigenvalue weighted by Crippen LogP contribution is -2.35. The number of nitrogens with zero attached hydrogens (tertiary/aromatic N) is 3. The van der Waals surface area contributed by atoms with Crippen LogP contribution in [0.15, 0.2) is 5.22 Å². The molecule has 0 aliphatic carbocycles. The number of hydrogen-bond donors (Lipinski definition) is 3. The number of carboxylic acid groups (broad SMARTS) is 1. The number of rotatable bonds is 8. The van der Waals surface area contributed by atoms with Gasteiger partial charge in [-0.25, -0.2) is 0 Å². The van der Waals surface area contributed by atoms with Gasteiger partial charge in [0.25, 0.3) is 0 Å². The maximum Gasteiger partial charge on any atom is 0.320 e. The van der Waals surface area contributed by atoms with Crippen LogP contribution in [0.4, 0.5) is 0 Å². The molecule has 0 radical (unpaired) electrons. The minimum absolute atomic E-state index is 0.00315. The van der Waals surface area contributed by atoms with Crippen LogP contribution in [0.25, 0.3) is 10.4 Å². The molecule has 0 spiro atoms. The molecule has 0 aromatic rings. The van der Waals surface area contributed by atoms with Crippen molar-refractivity contribution in [1.82, 2.24) is 5.43 Å². The zero-order valence-corrected chi connectivity index (χ0v) is 9.79. The zero-order chi connectivity index (χ0) is 11.7. The summed E-state index contributed by atoms with van der Waals surface area (Å²) in [6.07, 6.45) is 2.21. The number of nitrogens with two attached hydrogens (primary N) is 1. The Balaban J connectivity index is 4.01. The van der Waals surface area contributed by atoms with Gasteiger partial charge >= 0.3 is 5.97 Å². The van der Waals surface area contributed by atoms with Crippen molar-refractivity contribution in [2.24, 2.45) is 11.0 Å². The zero-order valence-electron chi connectivity index (χ0n) is 8.16. The number of hydrogen-bond acceptors (Lipinski definition) is 5. The van der Waals surface area contributed by atoms with Gasteiger partial charge in [0.2, 0.25) is 0 Å². The summed E-state index contributed by atoms with van der Waals surface area (Å²) in [6.45, 7) is 0.399. The molecule has 0 aromatic heterocycles. The fourth-order valence-corrected chi connectivity index (χ4v) is 2.81. The Morgan fingerprint density at radius 3 is 2.93 bits per heavy atom. The standard InChI is InChI=1S/C6H13N5O2S2/c1-14-15-4(3-9-11-10-8)2-5(7)6(12)13/h4-5,9H,2-3,7H2,1H3,(H,12,13)/t4?,5-/m0/s1. The number of aliphatic carboxylic acids is 1. The Bertz CT molecular complexity index is 246. The first-order valence-electron chi connectivity index (χ1n) is 4.06. The van der Waals surface area contributed by atoms with Crippen LogP contribution in [0.3, 0.4) is 0 Å². The Hall–Kier alpha value is -0.760. The average molecular weight is 251 g/mol. The molecule has 15 heavy (non-hydrogen) atoms. The molecule has 0 saturated carbocycles. The first kappa shape index (κ1) is 14.2. The number of carbonyl (C=O) groups is 1. The van der Waals surface area contributed by atoms with Gasteiger partial charge in [-0.05, 0) is 17.9 Å². The van der Waals surface area contributed by atoms with Crippen molar-refractivity contribution < 1.29 is 9.90 Å². The minimum atomic E-state index is -1.02. The molecule has 2 atom stereocenters. The first-order valence-corrected chi connectivity index (χ1v) is 6.68. The maximum atomic E-state index is 10.5. The van der Waals surface area contributed by atoms with Gasteiger partial charge in [-0.1, -0.05) is 21.6 Å². The van der Waals surface area contributed by atoms with Crippen molar-refractivity contribution in [2.45, 2.75) is 17.7 Å². The van der Waals surface area contributed by atoms with Crippen molar-refractivity contribution in [1.29, 1.82) is 0 Å². The summed E-state index contributed by atoms with van der Waals surface area (Å²) in [6, 6.07) is -0.887. The Labute approximate surface area is 95.2 Å². The van der Waals surface area contributed by atoms with E-state index in [9.17, 15) is 4.79 Å². The van der Waals surface area contributed by atoms with E-state index in [2.05, 4.69) is 15.6 Å². The molecular formula is C6H13N5O2S2. The van der Waals surface area contributed by atoms with Gasteiger partial charge in [-0.3, -0.25) is 10.2 Å². The van der Waals surface area contributed by atoms with E-state index >= 15 is 0 Å². The van der Waals surface area contributed by atoms with Crippen LogP contribution >= 0.6 is 21.6 Å². The fraction of sp³-hybridized carbons (Fsp3) is 0.833. The van der Waals surface area contributed by atoms with E-state index < -0.39 is 12.0 Å². The molecule has 1 unspecified atom stereocenters. The van der Waals surface area contributed by atoms with E-state index in [0.717, 1.165) is 0 Å². The predicted molar refractivity (Wildman–Crippen MR) is 62.3 cm³/mol. The maximum absolute atomic E-state index is 10.5. The monoisotopic (exact) mass is 251 g/mol. The number of nitrogens with one attached hydrogen (secondary N) is 1. The largest absolute Gasteiger partial charge is 0.480 e. The predicted octanol–water partition coefficient (Wildman–Crippen LogP) is 0.983. The first-order chi connectivity index (χ1) is 7.11. The molecule has 0 fully saturated rings. The molecule has 0 rings (SSSR count). The molecule has 0 amide bonds. The summed E-state index contributed by atoms with van der Waals surface area (Å²) < 4.78 is 0. The second-order valence-corrected chi connectivity index (χ2v) is 5.39. The number of azide groups is 1. The molecule has 86 valence electrons. The Morgan fingerprint density at radius 1 is 1.80 bits per heavy atom. The third kappa shape index (κ3) is 7.20. The van der Waals surface area contributed by atoms with Gasteiger partial charge in [0.05, 0.1) is 11.8 Å². The third-order valence-corrected chi connectivity index (χ3v) is 3.72. The van der Waals surface area contributed by atoms with Crippen molar-refractivity contribution >= 4 is 27.6 Å². The van der Waals surface area contributed by atoms with E-state index in [4.69, 9.17) is 16.4 Å². The van der Waals surface area contributed by atoms with E-state index in [-0.39, 0.29) is 5.25 Å². The van der Waals surface area contributed by atoms with Crippen LogP contribution in [-0.4, -0.2) is 35.2 Å². The van der Waals surface area contributed by atoms with Gasteiger partial charge in [-0.15, -0.1) is 5.53 Å². The summed E-state index contributed by atoms with van der Waals surface area (Å²) >= 11 is 0. The molecule has 0 aromatic carbocycles. The lowest BCUT2D eigenvalue weighted by molar-refractivity contribution is -0.138. The topological polar surface area (TPSA) is 124 Å².